The van der Waals surface area contributed by atoms with Crippen LogP contribution in [0.5, 0.6) is 5.75 Å². The first kappa shape index (κ1) is 24.9. The number of aryl methyl sites for hydroxylation is 1. The van der Waals surface area contributed by atoms with Crippen LogP contribution in [0, 0.1) is 0 Å². The molecule has 0 aliphatic carbocycles. The maximum Gasteiger partial charge on any atom is 0.199 e. The molecule has 4 rings (SSSR count). The Morgan fingerprint density at radius 1 is 1.23 bits per heavy atom. The van der Waals surface area contributed by atoms with Crippen LogP contribution in [0.25, 0.3) is 0 Å². The second-order valence-electron chi connectivity index (χ2n) is 8.87. The number of tetrazole rings is 1. The van der Waals surface area contributed by atoms with Gasteiger partial charge in [0.2, 0.25) is 0 Å². The maximum atomic E-state index is 11.9. The Kier molecular flexibility index (Phi) is 6.95. The lowest BCUT2D eigenvalue weighted by Crippen LogP contribution is -2.62. The number of aliphatic hydroxyl groups excluding tert-OH is 2. The number of nitrogens with two attached hydrogens (primary N) is 1. The van der Waals surface area contributed by atoms with E-state index < -0.39 is 30.1 Å². The third kappa shape index (κ3) is 4.67. The molecule has 2 aromatic carbocycles. The Hall–Kier alpha value is -3.25. The van der Waals surface area contributed by atoms with Gasteiger partial charge in [0, 0.05) is 31.2 Å². The van der Waals surface area contributed by atoms with Crippen LogP contribution >= 0.6 is 0 Å². The third-order valence-corrected chi connectivity index (χ3v) is 6.35. The van der Waals surface area contributed by atoms with Crippen molar-refractivity contribution in [1.29, 1.82) is 0 Å². The van der Waals surface area contributed by atoms with E-state index >= 15 is 0 Å². The predicted molar refractivity (Wildman–Crippen MR) is 128 cm³/mol. The van der Waals surface area contributed by atoms with Gasteiger partial charge < -0.3 is 35.1 Å². The lowest BCUT2D eigenvalue weighted by molar-refractivity contribution is -0.237. The van der Waals surface area contributed by atoms with Crippen molar-refractivity contribution in [2.75, 3.05) is 24.9 Å². The van der Waals surface area contributed by atoms with Crippen LogP contribution in [0.15, 0.2) is 42.5 Å². The number of nitrogen functional groups attached to an aromatic ring is 1. The van der Waals surface area contributed by atoms with Crippen LogP contribution in [0.2, 0.25) is 0 Å². The molecule has 11 nitrogen and oxygen atoms in total. The number of nitrogens with zero attached hydrogens (tertiary/aromatic N) is 5. The van der Waals surface area contributed by atoms with Gasteiger partial charge >= 0.3 is 0 Å². The van der Waals surface area contributed by atoms with Crippen LogP contribution in [-0.4, -0.2) is 62.6 Å². The minimum atomic E-state index is -1.27. The summed E-state index contributed by atoms with van der Waals surface area (Å²) in [4.78, 5) is 3.33. The Morgan fingerprint density at radius 3 is 2.60 bits per heavy atom. The first-order valence-corrected chi connectivity index (χ1v) is 11.3. The molecule has 1 aliphatic rings. The summed E-state index contributed by atoms with van der Waals surface area (Å²) >= 11 is 0. The fourth-order valence-corrected chi connectivity index (χ4v) is 4.61. The van der Waals surface area contributed by atoms with Gasteiger partial charge in [-0.3, -0.25) is 0 Å². The molecule has 1 aromatic heterocycles. The topological polar surface area (TPSA) is 141 Å². The first-order chi connectivity index (χ1) is 16.7. The van der Waals surface area contributed by atoms with Gasteiger partial charge in [-0.2, -0.15) is 4.80 Å². The van der Waals surface area contributed by atoms with Crippen molar-refractivity contribution >= 4 is 11.4 Å². The highest BCUT2D eigenvalue weighted by Crippen LogP contribution is 2.47. The zero-order valence-electron chi connectivity index (χ0n) is 20.5. The maximum absolute atomic E-state index is 11.9. The zero-order valence-corrected chi connectivity index (χ0v) is 20.5. The normalized spacial score (nSPS) is 22.5. The lowest BCUT2D eigenvalue weighted by Gasteiger charge is -2.50. The van der Waals surface area contributed by atoms with E-state index in [-0.39, 0.29) is 6.54 Å². The highest BCUT2D eigenvalue weighted by atomic mass is 16.7. The molecule has 11 heteroatoms. The monoisotopic (exact) mass is 484 g/mol. The number of anilines is 2. The highest BCUT2D eigenvalue weighted by molar-refractivity contribution is 5.58. The molecule has 1 unspecified atom stereocenters. The number of hydrogen-bond acceptors (Lipinski definition) is 10. The van der Waals surface area contributed by atoms with Gasteiger partial charge in [-0.15, -0.1) is 10.2 Å². The molecular weight excluding hydrogens is 452 g/mol. The number of aromatic nitrogens is 4. The van der Waals surface area contributed by atoms with Crippen LogP contribution in [0.1, 0.15) is 42.9 Å². The van der Waals surface area contributed by atoms with E-state index in [1.807, 2.05) is 29.2 Å². The number of hydrogen-bond donors (Lipinski definition) is 3. The van der Waals surface area contributed by atoms with Crippen LogP contribution in [-0.2, 0) is 23.1 Å². The number of aliphatic hydroxyl groups is 2. The second kappa shape index (κ2) is 9.78. The van der Waals surface area contributed by atoms with Crippen molar-refractivity contribution in [1.82, 2.24) is 20.2 Å². The average molecular weight is 485 g/mol. The summed E-state index contributed by atoms with van der Waals surface area (Å²) in [6.07, 6.45) is -2.68. The summed E-state index contributed by atoms with van der Waals surface area (Å²) in [5.74, 6) is 0.996. The molecule has 0 amide bonds. The average Bonchev–Trinajstić information content (AvgIpc) is 3.25. The van der Waals surface area contributed by atoms with Gasteiger partial charge in [0.05, 0.1) is 25.7 Å². The van der Waals surface area contributed by atoms with E-state index in [1.165, 1.54) is 19.0 Å². The number of fused-ring (bicyclic) bond motifs is 1. The van der Waals surface area contributed by atoms with Gasteiger partial charge in [-0.25, -0.2) is 0 Å². The SMILES string of the molecule is COC(OC)[C@@]1(C)Oc2ccc(N)cc2[C@H](N(Cc2nnn(C)n2)c2cccc(C(C)O)c2)[C@H]1O. The summed E-state index contributed by atoms with van der Waals surface area (Å²) in [5.41, 5.74) is 7.56. The summed E-state index contributed by atoms with van der Waals surface area (Å²) in [6, 6.07) is 12.1. The van der Waals surface area contributed by atoms with Gasteiger partial charge in [-0.05, 0) is 55.0 Å². The summed E-state index contributed by atoms with van der Waals surface area (Å²) in [6.45, 7) is 3.66. The van der Waals surface area contributed by atoms with Crippen molar-refractivity contribution in [3.63, 3.8) is 0 Å². The van der Waals surface area contributed by atoms with E-state index in [0.29, 0.717) is 22.8 Å². The van der Waals surface area contributed by atoms with E-state index in [0.717, 1.165) is 11.3 Å². The van der Waals surface area contributed by atoms with Gasteiger partial charge in [0.1, 0.15) is 11.9 Å². The molecular formula is C24H32N6O5. The molecule has 35 heavy (non-hydrogen) atoms. The Morgan fingerprint density at radius 2 is 1.97 bits per heavy atom. The lowest BCUT2D eigenvalue weighted by atomic mass is 9.83. The second-order valence-corrected chi connectivity index (χ2v) is 8.87. The molecule has 4 N–H and O–H groups in total. The Bertz CT molecular complexity index is 1170. The highest BCUT2D eigenvalue weighted by Gasteiger charge is 2.54. The molecule has 0 saturated carbocycles. The van der Waals surface area contributed by atoms with Crippen LogP contribution < -0.4 is 15.4 Å². The third-order valence-electron chi connectivity index (χ3n) is 6.35. The molecule has 0 bridgehead atoms. The van der Waals surface area contributed by atoms with E-state index in [2.05, 4.69) is 15.4 Å². The number of benzene rings is 2. The summed E-state index contributed by atoms with van der Waals surface area (Å²) in [5, 5.41) is 34.6. The predicted octanol–water partition coefficient (Wildman–Crippen LogP) is 1.72. The molecule has 0 fully saturated rings. The van der Waals surface area contributed by atoms with Crippen molar-refractivity contribution in [2.45, 2.75) is 50.5 Å². The fourth-order valence-electron chi connectivity index (χ4n) is 4.61. The van der Waals surface area contributed by atoms with E-state index in [9.17, 15) is 10.2 Å². The van der Waals surface area contributed by atoms with Crippen molar-refractivity contribution in [3.8, 4) is 5.75 Å². The van der Waals surface area contributed by atoms with E-state index in [1.54, 1.807) is 39.1 Å². The van der Waals surface area contributed by atoms with Crippen molar-refractivity contribution < 1.29 is 24.4 Å². The van der Waals surface area contributed by atoms with Gasteiger partial charge in [0.15, 0.2) is 17.7 Å². The molecule has 0 radical (unpaired) electrons. The minimum absolute atomic E-state index is 0.216. The molecule has 2 heterocycles. The summed E-state index contributed by atoms with van der Waals surface area (Å²) in [7, 11) is 4.68. The first-order valence-electron chi connectivity index (χ1n) is 11.3. The summed E-state index contributed by atoms with van der Waals surface area (Å²) < 4.78 is 17.4. The van der Waals surface area contributed by atoms with Crippen molar-refractivity contribution in [3.05, 3.63) is 59.4 Å². The number of rotatable bonds is 8. The molecule has 0 saturated heterocycles. The van der Waals surface area contributed by atoms with Crippen LogP contribution in [0.4, 0.5) is 11.4 Å². The van der Waals surface area contributed by atoms with Crippen LogP contribution in [0.3, 0.4) is 0 Å². The molecule has 4 atom stereocenters. The number of ether oxygens (including phenoxy) is 3. The van der Waals surface area contributed by atoms with Gasteiger partial charge in [0.25, 0.3) is 0 Å². The molecule has 3 aromatic rings. The largest absolute Gasteiger partial charge is 0.479 e. The molecule has 188 valence electrons. The number of methoxy groups -OCH3 is 2. The zero-order chi connectivity index (χ0) is 25.3. The Balaban J connectivity index is 1.91. The molecule has 0 spiro atoms. The van der Waals surface area contributed by atoms with Crippen molar-refractivity contribution in [2.24, 2.45) is 7.05 Å². The standard InChI is InChI=1S/C24H32N6O5/c1-14(31)15-7-6-8-17(11-15)30(13-20-26-28-29(3)27-20)21-18-12-16(25)9-10-19(18)35-24(2,22(21)32)23(33-4)34-5/h6-12,14,21-23,31-32H,13,25H2,1-5H3/t14?,21-,22+,24-/m0/s1. The Labute approximate surface area is 204 Å². The molecule has 1 aliphatic heterocycles. The fraction of sp³-hybridized carbons (Fsp3) is 0.458. The van der Waals surface area contributed by atoms with E-state index in [4.69, 9.17) is 19.9 Å². The smallest absolute Gasteiger partial charge is 0.199 e. The quantitative estimate of drug-likeness (QED) is 0.320. The van der Waals surface area contributed by atoms with Gasteiger partial charge in [-0.1, -0.05) is 12.1 Å². The minimum Gasteiger partial charge on any atom is -0.479 e.